The summed E-state index contributed by atoms with van der Waals surface area (Å²) in [4.78, 5) is 16.7. The van der Waals surface area contributed by atoms with Gasteiger partial charge < -0.3 is 14.5 Å². The summed E-state index contributed by atoms with van der Waals surface area (Å²) in [7, 11) is 0. The summed E-state index contributed by atoms with van der Waals surface area (Å²) >= 11 is 0. The molecule has 0 unspecified atom stereocenters. The number of hydrogen-bond acceptors (Lipinski definition) is 5. The van der Waals surface area contributed by atoms with E-state index in [1.54, 1.807) is 6.20 Å². The number of nitrogens with zero attached hydrogens (tertiary/aromatic N) is 4. The fourth-order valence-electron chi connectivity index (χ4n) is 2.98. The standard InChI is InChI=1S/C19H22N4O2/c24-19(16-5-7-17(8-6-16)25-14-15-3-4-15)23-12-10-22(11-13-23)18-2-1-9-20-21-18/h1-2,5-9,15H,3-4,10-14H2. The quantitative estimate of drug-likeness (QED) is 0.837. The van der Waals surface area contributed by atoms with E-state index >= 15 is 0 Å². The minimum absolute atomic E-state index is 0.0764. The number of rotatable bonds is 5. The monoisotopic (exact) mass is 338 g/mol. The lowest BCUT2D eigenvalue weighted by Gasteiger charge is -2.35. The fourth-order valence-corrected chi connectivity index (χ4v) is 2.98. The van der Waals surface area contributed by atoms with E-state index in [9.17, 15) is 4.79 Å². The van der Waals surface area contributed by atoms with Gasteiger partial charge in [0.05, 0.1) is 6.61 Å². The van der Waals surface area contributed by atoms with Crippen molar-refractivity contribution in [2.45, 2.75) is 12.8 Å². The third kappa shape index (κ3) is 3.90. The van der Waals surface area contributed by atoms with Crippen molar-refractivity contribution >= 4 is 11.7 Å². The Labute approximate surface area is 147 Å². The molecule has 1 amide bonds. The van der Waals surface area contributed by atoms with Crippen LogP contribution < -0.4 is 9.64 Å². The van der Waals surface area contributed by atoms with Crippen molar-refractivity contribution < 1.29 is 9.53 Å². The predicted molar refractivity (Wildman–Crippen MR) is 94.8 cm³/mol. The summed E-state index contributed by atoms with van der Waals surface area (Å²) < 4.78 is 5.73. The van der Waals surface area contributed by atoms with E-state index in [2.05, 4.69) is 15.1 Å². The number of benzene rings is 1. The first kappa shape index (κ1) is 15.9. The molecule has 0 atom stereocenters. The number of carbonyl (C=O) groups excluding carboxylic acids is 1. The second kappa shape index (κ2) is 7.09. The molecule has 1 aliphatic carbocycles. The summed E-state index contributed by atoms with van der Waals surface area (Å²) in [5.74, 6) is 2.52. The van der Waals surface area contributed by atoms with E-state index < -0.39 is 0 Å². The molecule has 4 rings (SSSR count). The van der Waals surface area contributed by atoms with Crippen molar-refractivity contribution in [3.8, 4) is 5.75 Å². The van der Waals surface area contributed by atoms with Crippen LogP contribution in [0.25, 0.3) is 0 Å². The average molecular weight is 338 g/mol. The molecule has 6 heteroatoms. The number of ether oxygens (including phenoxy) is 1. The number of piperazine rings is 1. The molecule has 2 aromatic rings. The van der Waals surface area contributed by atoms with E-state index in [1.807, 2.05) is 41.3 Å². The van der Waals surface area contributed by atoms with Gasteiger partial charge in [-0.1, -0.05) is 0 Å². The number of anilines is 1. The Morgan fingerprint density at radius 3 is 2.48 bits per heavy atom. The molecule has 0 spiro atoms. The van der Waals surface area contributed by atoms with Crippen LogP contribution in [0.15, 0.2) is 42.6 Å². The van der Waals surface area contributed by atoms with E-state index in [0.717, 1.165) is 37.2 Å². The minimum atomic E-state index is 0.0764. The van der Waals surface area contributed by atoms with Gasteiger partial charge in [0.25, 0.3) is 5.91 Å². The third-order valence-corrected chi connectivity index (χ3v) is 4.73. The molecule has 130 valence electrons. The Hall–Kier alpha value is -2.63. The zero-order valence-electron chi connectivity index (χ0n) is 14.2. The molecule has 0 bridgehead atoms. The maximum absolute atomic E-state index is 12.7. The Morgan fingerprint density at radius 1 is 1.08 bits per heavy atom. The number of hydrogen-bond donors (Lipinski definition) is 0. The van der Waals surface area contributed by atoms with Crippen LogP contribution in [0.5, 0.6) is 5.75 Å². The normalized spacial score (nSPS) is 17.4. The third-order valence-electron chi connectivity index (χ3n) is 4.73. The molecule has 1 aromatic heterocycles. The lowest BCUT2D eigenvalue weighted by Crippen LogP contribution is -2.49. The van der Waals surface area contributed by atoms with Crippen LogP contribution >= 0.6 is 0 Å². The summed E-state index contributed by atoms with van der Waals surface area (Å²) in [6.45, 7) is 3.71. The van der Waals surface area contributed by atoms with Gasteiger partial charge in [0.15, 0.2) is 5.82 Å². The Morgan fingerprint density at radius 2 is 1.84 bits per heavy atom. The maximum atomic E-state index is 12.7. The van der Waals surface area contributed by atoms with Crippen molar-refractivity contribution in [2.24, 2.45) is 5.92 Å². The fraction of sp³-hybridized carbons (Fsp3) is 0.421. The summed E-state index contributed by atoms with van der Waals surface area (Å²) in [5, 5.41) is 8.05. The lowest BCUT2D eigenvalue weighted by molar-refractivity contribution is 0.0746. The van der Waals surface area contributed by atoms with Gasteiger partial charge in [-0.25, -0.2) is 0 Å². The molecule has 0 N–H and O–H groups in total. The molecule has 6 nitrogen and oxygen atoms in total. The SMILES string of the molecule is O=C(c1ccc(OCC2CC2)cc1)N1CCN(c2cccnn2)CC1. The predicted octanol–water partition coefficient (Wildman–Crippen LogP) is 2.23. The molecule has 1 aliphatic heterocycles. The van der Waals surface area contributed by atoms with Crippen LogP contribution in [-0.4, -0.2) is 53.8 Å². The van der Waals surface area contributed by atoms with Crippen molar-refractivity contribution in [3.05, 3.63) is 48.2 Å². The van der Waals surface area contributed by atoms with E-state index in [0.29, 0.717) is 18.7 Å². The number of carbonyl (C=O) groups is 1. The molecular weight excluding hydrogens is 316 g/mol. The molecule has 1 saturated carbocycles. The first-order chi connectivity index (χ1) is 12.3. The van der Waals surface area contributed by atoms with E-state index in [4.69, 9.17) is 4.74 Å². The molecule has 1 saturated heterocycles. The van der Waals surface area contributed by atoms with Gasteiger partial charge in [0, 0.05) is 37.9 Å². The highest BCUT2D eigenvalue weighted by atomic mass is 16.5. The summed E-state index contributed by atoms with van der Waals surface area (Å²) in [6, 6.07) is 11.3. The molecule has 1 aromatic carbocycles. The largest absolute Gasteiger partial charge is 0.493 e. The molecule has 0 radical (unpaired) electrons. The topological polar surface area (TPSA) is 58.6 Å². The lowest BCUT2D eigenvalue weighted by atomic mass is 10.1. The van der Waals surface area contributed by atoms with Crippen LogP contribution in [-0.2, 0) is 0 Å². The molecule has 2 heterocycles. The molecule has 2 fully saturated rings. The Bertz CT molecular complexity index is 708. The summed E-state index contributed by atoms with van der Waals surface area (Å²) in [6.07, 6.45) is 4.22. The van der Waals surface area contributed by atoms with Crippen LogP contribution in [0.2, 0.25) is 0 Å². The number of amides is 1. The van der Waals surface area contributed by atoms with Crippen molar-refractivity contribution in [1.29, 1.82) is 0 Å². The van der Waals surface area contributed by atoms with Gasteiger partial charge in [-0.15, -0.1) is 5.10 Å². The average Bonchev–Trinajstić information content (AvgIpc) is 3.52. The van der Waals surface area contributed by atoms with Crippen LogP contribution in [0.3, 0.4) is 0 Å². The van der Waals surface area contributed by atoms with Crippen LogP contribution in [0.1, 0.15) is 23.2 Å². The van der Waals surface area contributed by atoms with E-state index in [1.165, 1.54) is 12.8 Å². The zero-order valence-corrected chi connectivity index (χ0v) is 14.2. The summed E-state index contributed by atoms with van der Waals surface area (Å²) in [5.41, 5.74) is 0.715. The van der Waals surface area contributed by atoms with Gasteiger partial charge in [-0.05, 0) is 55.2 Å². The van der Waals surface area contributed by atoms with Crippen molar-refractivity contribution in [3.63, 3.8) is 0 Å². The van der Waals surface area contributed by atoms with Gasteiger partial charge in [-0.2, -0.15) is 5.10 Å². The van der Waals surface area contributed by atoms with E-state index in [-0.39, 0.29) is 5.91 Å². The van der Waals surface area contributed by atoms with Crippen LogP contribution in [0.4, 0.5) is 5.82 Å². The van der Waals surface area contributed by atoms with Gasteiger partial charge >= 0.3 is 0 Å². The molecule has 25 heavy (non-hydrogen) atoms. The smallest absolute Gasteiger partial charge is 0.253 e. The second-order valence-corrected chi connectivity index (χ2v) is 6.64. The molecular formula is C19H22N4O2. The van der Waals surface area contributed by atoms with Crippen LogP contribution in [0, 0.1) is 5.92 Å². The first-order valence-electron chi connectivity index (χ1n) is 8.84. The molecule has 2 aliphatic rings. The Kier molecular flexibility index (Phi) is 4.50. The minimum Gasteiger partial charge on any atom is -0.493 e. The highest BCUT2D eigenvalue weighted by molar-refractivity contribution is 5.94. The van der Waals surface area contributed by atoms with Crippen molar-refractivity contribution in [2.75, 3.05) is 37.7 Å². The highest BCUT2D eigenvalue weighted by Gasteiger charge is 2.24. The second-order valence-electron chi connectivity index (χ2n) is 6.64. The van der Waals surface area contributed by atoms with Crippen molar-refractivity contribution in [1.82, 2.24) is 15.1 Å². The van der Waals surface area contributed by atoms with Gasteiger partial charge in [-0.3, -0.25) is 4.79 Å². The highest BCUT2D eigenvalue weighted by Crippen LogP contribution is 2.29. The zero-order chi connectivity index (χ0) is 17.1. The first-order valence-corrected chi connectivity index (χ1v) is 8.84. The number of aromatic nitrogens is 2. The van der Waals surface area contributed by atoms with Gasteiger partial charge in [0.1, 0.15) is 5.75 Å². The maximum Gasteiger partial charge on any atom is 0.253 e. The van der Waals surface area contributed by atoms with Gasteiger partial charge in [0.2, 0.25) is 0 Å². The Balaban J connectivity index is 1.32.